The lowest BCUT2D eigenvalue weighted by atomic mass is 10.0. The first kappa shape index (κ1) is 16.3. The summed E-state index contributed by atoms with van der Waals surface area (Å²) in [7, 11) is 0. The fourth-order valence-electron chi connectivity index (χ4n) is 2.51. The molecule has 1 heterocycles. The van der Waals surface area contributed by atoms with E-state index in [-0.39, 0.29) is 30.3 Å². The Kier molecular flexibility index (Phi) is 5.75. The van der Waals surface area contributed by atoms with Gasteiger partial charge in [0.2, 0.25) is 5.91 Å². The van der Waals surface area contributed by atoms with Gasteiger partial charge < -0.3 is 15.0 Å². The number of likely N-dealkylation sites (tertiary alicyclic amines) is 1. The second-order valence-corrected chi connectivity index (χ2v) is 5.30. The predicted octanol–water partition coefficient (Wildman–Crippen LogP) is 2.11. The van der Waals surface area contributed by atoms with Crippen LogP contribution < -0.4 is 5.32 Å². The number of rotatable bonds is 4. The molecule has 0 saturated carbocycles. The van der Waals surface area contributed by atoms with Crippen LogP contribution in [0.25, 0.3) is 0 Å². The molecule has 6 heteroatoms. The number of nitrogens with zero attached hydrogens (tertiary/aromatic N) is 1. The third kappa shape index (κ3) is 4.44. The van der Waals surface area contributed by atoms with Crippen LogP contribution in [-0.2, 0) is 16.0 Å². The zero-order chi connectivity index (χ0) is 15.9. The van der Waals surface area contributed by atoms with Gasteiger partial charge in [-0.15, -0.1) is 0 Å². The Labute approximate surface area is 129 Å². The van der Waals surface area contributed by atoms with E-state index < -0.39 is 0 Å². The molecule has 1 aliphatic rings. The molecule has 5 nitrogen and oxygen atoms in total. The van der Waals surface area contributed by atoms with Crippen molar-refractivity contribution in [3.8, 4) is 0 Å². The normalized spacial score (nSPS) is 15.5. The predicted molar refractivity (Wildman–Crippen MR) is 79.9 cm³/mol. The van der Waals surface area contributed by atoms with Gasteiger partial charge in [-0.05, 0) is 31.4 Å². The van der Waals surface area contributed by atoms with E-state index in [4.69, 9.17) is 4.74 Å². The molecule has 120 valence electrons. The number of benzene rings is 1. The molecule has 0 aromatic heterocycles. The quantitative estimate of drug-likeness (QED) is 0.927. The lowest BCUT2D eigenvalue weighted by Crippen LogP contribution is -2.47. The van der Waals surface area contributed by atoms with Crippen molar-refractivity contribution in [2.75, 3.05) is 19.7 Å². The van der Waals surface area contributed by atoms with E-state index in [0.717, 1.165) is 0 Å². The number of amides is 2. The summed E-state index contributed by atoms with van der Waals surface area (Å²) < 4.78 is 18.5. The van der Waals surface area contributed by atoms with Crippen LogP contribution in [0.5, 0.6) is 0 Å². The van der Waals surface area contributed by atoms with Gasteiger partial charge in [0, 0.05) is 19.1 Å². The second kappa shape index (κ2) is 7.77. The maximum atomic E-state index is 13.5. The lowest BCUT2D eigenvalue weighted by Gasteiger charge is -2.31. The topological polar surface area (TPSA) is 58.6 Å². The highest BCUT2D eigenvalue weighted by molar-refractivity contribution is 5.79. The van der Waals surface area contributed by atoms with Crippen molar-refractivity contribution in [1.82, 2.24) is 10.2 Å². The van der Waals surface area contributed by atoms with Gasteiger partial charge in [0.15, 0.2) is 0 Å². The molecule has 1 fully saturated rings. The average Bonchev–Trinajstić information content (AvgIpc) is 2.50. The van der Waals surface area contributed by atoms with E-state index in [9.17, 15) is 14.0 Å². The van der Waals surface area contributed by atoms with Crippen LogP contribution in [-0.4, -0.2) is 42.6 Å². The van der Waals surface area contributed by atoms with Gasteiger partial charge in [0.1, 0.15) is 5.82 Å². The Hall–Kier alpha value is -2.11. The number of carbonyl (C=O) groups is 2. The Morgan fingerprint density at radius 3 is 2.64 bits per heavy atom. The maximum absolute atomic E-state index is 13.5. The van der Waals surface area contributed by atoms with E-state index in [0.29, 0.717) is 38.1 Å². The maximum Gasteiger partial charge on any atom is 0.409 e. The van der Waals surface area contributed by atoms with Crippen LogP contribution in [0.4, 0.5) is 9.18 Å². The zero-order valence-electron chi connectivity index (χ0n) is 12.7. The molecular weight excluding hydrogens is 287 g/mol. The lowest BCUT2D eigenvalue weighted by molar-refractivity contribution is -0.121. The van der Waals surface area contributed by atoms with Crippen molar-refractivity contribution in [3.63, 3.8) is 0 Å². The molecule has 1 aliphatic heterocycles. The number of hydrogen-bond donors (Lipinski definition) is 1. The van der Waals surface area contributed by atoms with Crippen LogP contribution in [0.2, 0.25) is 0 Å². The van der Waals surface area contributed by atoms with Crippen LogP contribution in [0.3, 0.4) is 0 Å². The number of halogens is 1. The minimum atomic E-state index is -0.366. The van der Waals surface area contributed by atoms with E-state index in [1.54, 1.807) is 30.0 Å². The van der Waals surface area contributed by atoms with Crippen LogP contribution in [0.1, 0.15) is 25.3 Å². The van der Waals surface area contributed by atoms with Crippen molar-refractivity contribution in [1.29, 1.82) is 0 Å². The van der Waals surface area contributed by atoms with Crippen molar-refractivity contribution in [2.24, 2.45) is 0 Å². The fraction of sp³-hybridized carbons (Fsp3) is 0.500. The highest BCUT2D eigenvalue weighted by atomic mass is 19.1. The molecule has 0 spiro atoms. The minimum absolute atomic E-state index is 0.0185. The van der Waals surface area contributed by atoms with Crippen molar-refractivity contribution < 1.29 is 18.7 Å². The van der Waals surface area contributed by atoms with Crippen LogP contribution in [0, 0.1) is 5.82 Å². The van der Waals surface area contributed by atoms with Gasteiger partial charge >= 0.3 is 6.09 Å². The highest BCUT2D eigenvalue weighted by Crippen LogP contribution is 2.12. The number of nitrogens with one attached hydrogen (secondary N) is 1. The second-order valence-electron chi connectivity index (χ2n) is 5.30. The molecule has 2 rings (SSSR count). The van der Waals surface area contributed by atoms with E-state index in [1.807, 2.05) is 0 Å². The summed E-state index contributed by atoms with van der Waals surface area (Å²) in [6, 6.07) is 6.29. The third-order valence-corrected chi connectivity index (χ3v) is 3.69. The first-order chi connectivity index (χ1) is 10.6. The van der Waals surface area contributed by atoms with E-state index in [2.05, 4.69) is 5.32 Å². The van der Waals surface area contributed by atoms with Crippen molar-refractivity contribution in [3.05, 3.63) is 35.6 Å². The van der Waals surface area contributed by atoms with E-state index in [1.165, 1.54) is 6.07 Å². The average molecular weight is 308 g/mol. The summed E-state index contributed by atoms with van der Waals surface area (Å²) in [5.41, 5.74) is 0.393. The Bertz CT molecular complexity index is 528. The molecule has 0 aliphatic carbocycles. The smallest absolute Gasteiger partial charge is 0.409 e. The fourth-order valence-corrected chi connectivity index (χ4v) is 2.51. The highest BCUT2D eigenvalue weighted by Gasteiger charge is 2.24. The number of hydrogen-bond acceptors (Lipinski definition) is 3. The van der Waals surface area contributed by atoms with Gasteiger partial charge in [-0.3, -0.25) is 4.79 Å². The minimum Gasteiger partial charge on any atom is -0.450 e. The molecule has 2 amide bonds. The zero-order valence-corrected chi connectivity index (χ0v) is 12.7. The summed E-state index contributed by atoms with van der Waals surface area (Å²) in [6.45, 7) is 3.25. The Balaban J connectivity index is 1.77. The summed E-state index contributed by atoms with van der Waals surface area (Å²) in [6.07, 6.45) is 1.09. The molecule has 1 aromatic carbocycles. The molecule has 0 bridgehead atoms. The van der Waals surface area contributed by atoms with Crippen molar-refractivity contribution in [2.45, 2.75) is 32.2 Å². The number of ether oxygens (including phenoxy) is 1. The molecule has 1 N–H and O–H groups in total. The molecule has 1 saturated heterocycles. The van der Waals surface area contributed by atoms with Crippen LogP contribution >= 0.6 is 0 Å². The Morgan fingerprint density at radius 2 is 2.00 bits per heavy atom. The molecule has 22 heavy (non-hydrogen) atoms. The monoisotopic (exact) mass is 308 g/mol. The van der Waals surface area contributed by atoms with Crippen molar-refractivity contribution >= 4 is 12.0 Å². The molecule has 0 unspecified atom stereocenters. The van der Waals surface area contributed by atoms with Crippen LogP contribution in [0.15, 0.2) is 24.3 Å². The van der Waals surface area contributed by atoms with E-state index >= 15 is 0 Å². The summed E-state index contributed by atoms with van der Waals surface area (Å²) in [4.78, 5) is 25.2. The molecule has 0 radical (unpaired) electrons. The standard InChI is InChI=1S/C16H21FN2O3/c1-2-22-16(21)19-9-7-13(8-10-19)18-15(20)11-12-5-3-4-6-14(12)17/h3-6,13H,2,7-11H2,1H3,(H,18,20). The SMILES string of the molecule is CCOC(=O)N1CCC(NC(=O)Cc2ccccc2F)CC1. The summed E-state index contributed by atoms with van der Waals surface area (Å²) in [5.74, 6) is -0.561. The van der Waals surface area contributed by atoms with Gasteiger partial charge in [-0.25, -0.2) is 9.18 Å². The first-order valence-corrected chi connectivity index (χ1v) is 7.54. The number of carbonyl (C=O) groups excluding carboxylic acids is 2. The Morgan fingerprint density at radius 1 is 1.32 bits per heavy atom. The molecular formula is C16H21FN2O3. The van der Waals surface area contributed by atoms with Gasteiger partial charge in [-0.2, -0.15) is 0 Å². The largest absolute Gasteiger partial charge is 0.450 e. The number of piperidine rings is 1. The summed E-state index contributed by atoms with van der Waals surface area (Å²) >= 11 is 0. The molecule has 0 atom stereocenters. The first-order valence-electron chi connectivity index (χ1n) is 7.54. The third-order valence-electron chi connectivity index (χ3n) is 3.69. The van der Waals surface area contributed by atoms with Gasteiger partial charge in [0.05, 0.1) is 13.0 Å². The molecule has 1 aromatic rings. The van der Waals surface area contributed by atoms with Gasteiger partial charge in [0.25, 0.3) is 0 Å². The van der Waals surface area contributed by atoms with Gasteiger partial charge in [-0.1, -0.05) is 18.2 Å². The summed E-state index contributed by atoms with van der Waals surface area (Å²) in [5, 5.41) is 2.90.